The van der Waals surface area contributed by atoms with Gasteiger partial charge < -0.3 is 15.7 Å². The zero-order chi connectivity index (χ0) is 14.3. The Morgan fingerprint density at radius 3 is 2.55 bits per heavy atom. The number of nitrogen functional groups attached to an aromatic ring is 1. The van der Waals surface area contributed by atoms with Crippen LogP contribution in [0.4, 0.5) is 18.9 Å². The molecule has 0 spiro atoms. The van der Waals surface area contributed by atoms with Crippen LogP contribution >= 0.6 is 12.4 Å². The highest BCUT2D eigenvalue weighted by atomic mass is 35.5. The summed E-state index contributed by atoms with van der Waals surface area (Å²) in [4.78, 5) is 13.0. The topological polar surface area (TPSA) is 66.6 Å². The number of amides is 1. The summed E-state index contributed by atoms with van der Waals surface area (Å²) in [5.41, 5.74) is 3.27. The maximum atomic E-state index is 12.6. The quantitative estimate of drug-likeness (QED) is 0.778. The van der Waals surface area contributed by atoms with Gasteiger partial charge in [-0.1, -0.05) is 6.07 Å². The molecule has 0 bridgehead atoms. The van der Waals surface area contributed by atoms with Gasteiger partial charge in [-0.05, 0) is 18.2 Å². The van der Waals surface area contributed by atoms with Crippen LogP contribution in [0.15, 0.2) is 24.3 Å². The largest absolute Gasteiger partial charge is 0.419 e. The minimum Gasteiger partial charge on any atom is -0.399 e. The van der Waals surface area contributed by atoms with Gasteiger partial charge in [-0.2, -0.15) is 13.2 Å². The average Bonchev–Trinajstić information content (AvgIpc) is 2.72. The van der Waals surface area contributed by atoms with Crippen molar-refractivity contribution < 1.29 is 23.1 Å². The van der Waals surface area contributed by atoms with E-state index in [1.54, 1.807) is 12.1 Å². The summed E-state index contributed by atoms with van der Waals surface area (Å²) in [6, 6.07) is 6.00. The number of nitrogens with two attached hydrogens (primary N) is 1. The SMILES string of the molecule is Cl.Nc1cccc(C(=O)N2CCC(O)(C(F)(F)F)C2)c1. The highest BCUT2D eigenvalue weighted by Crippen LogP contribution is 2.37. The van der Waals surface area contributed by atoms with E-state index in [2.05, 4.69) is 0 Å². The van der Waals surface area contributed by atoms with Crippen LogP contribution in [0, 0.1) is 0 Å². The molecule has 1 heterocycles. The zero-order valence-electron chi connectivity index (χ0n) is 10.4. The van der Waals surface area contributed by atoms with Crippen LogP contribution in [0.3, 0.4) is 0 Å². The minimum absolute atomic E-state index is 0. The summed E-state index contributed by atoms with van der Waals surface area (Å²) in [6.45, 7) is -0.881. The summed E-state index contributed by atoms with van der Waals surface area (Å²) in [6.07, 6.45) is -5.25. The number of alkyl halides is 3. The molecule has 20 heavy (non-hydrogen) atoms. The van der Waals surface area contributed by atoms with Crippen LogP contribution in [0.5, 0.6) is 0 Å². The Balaban J connectivity index is 0.00000200. The first kappa shape index (κ1) is 16.6. The molecule has 0 saturated carbocycles. The summed E-state index contributed by atoms with van der Waals surface area (Å²) in [5, 5.41) is 9.51. The van der Waals surface area contributed by atoms with Crippen LogP contribution in [0.1, 0.15) is 16.8 Å². The number of nitrogens with zero attached hydrogens (tertiary/aromatic N) is 1. The van der Waals surface area contributed by atoms with Gasteiger partial charge in [-0.15, -0.1) is 12.4 Å². The van der Waals surface area contributed by atoms with Crippen LogP contribution in [-0.4, -0.2) is 40.8 Å². The van der Waals surface area contributed by atoms with Crippen molar-refractivity contribution in [3.8, 4) is 0 Å². The molecule has 1 aromatic rings. The summed E-state index contributed by atoms with van der Waals surface area (Å²) in [5.74, 6) is -0.563. The molecule has 1 saturated heterocycles. The molecule has 3 N–H and O–H groups in total. The Bertz CT molecular complexity index is 510. The third-order valence-electron chi connectivity index (χ3n) is 3.20. The number of aliphatic hydroxyl groups is 1. The minimum atomic E-state index is -4.74. The lowest BCUT2D eigenvalue weighted by molar-refractivity contribution is -0.253. The predicted octanol–water partition coefficient (Wildman–Crippen LogP) is 1.83. The highest BCUT2D eigenvalue weighted by molar-refractivity contribution is 5.95. The van der Waals surface area contributed by atoms with E-state index in [9.17, 15) is 23.1 Å². The van der Waals surface area contributed by atoms with Gasteiger partial charge >= 0.3 is 6.18 Å². The fourth-order valence-corrected chi connectivity index (χ4v) is 2.05. The van der Waals surface area contributed by atoms with Crippen LogP contribution in [0.2, 0.25) is 0 Å². The van der Waals surface area contributed by atoms with Crippen LogP contribution in [0.25, 0.3) is 0 Å². The lowest BCUT2D eigenvalue weighted by atomic mass is 10.0. The smallest absolute Gasteiger partial charge is 0.399 e. The van der Waals surface area contributed by atoms with E-state index in [0.717, 1.165) is 4.90 Å². The average molecular weight is 311 g/mol. The third kappa shape index (κ3) is 2.99. The number of halogens is 4. The Hall–Kier alpha value is -1.47. The Labute approximate surface area is 119 Å². The van der Waals surface area contributed by atoms with E-state index in [1.807, 2.05) is 0 Å². The number of anilines is 1. The van der Waals surface area contributed by atoms with Gasteiger partial charge in [0.15, 0.2) is 5.60 Å². The van der Waals surface area contributed by atoms with Crippen LogP contribution in [-0.2, 0) is 0 Å². The van der Waals surface area contributed by atoms with E-state index >= 15 is 0 Å². The Kier molecular flexibility index (Phi) is 4.55. The van der Waals surface area contributed by atoms with E-state index in [-0.39, 0.29) is 24.5 Å². The molecule has 1 fully saturated rings. The molecule has 1 atom stereocenters. The van der Waals surface area contributed by atoms with Crippen molar-refractivity contribution in [3.05, 3.63) is 29.8 Å². The van der Waals surface area contributed by atoms with Crippen molar-refractivity contribution in [1.82, 2.24) is 4.90 Å². The fraction of sp³-hybridized carbons (Fsp3) is 0.417. The van der Waals surface area contributed by atoms with Gasteiger partial charge in [-0.3, -0.25) is 4.79 Å². The molecule has 1 aromatic carbocycles. The van der Waals surface area contributed by atoms with Crippen molar-refractivity contribution in [2.24, 2.45) is 0 Å². The molecule has 0 aromatic heterocycles. The standard InChI is InChI=1S/C12H13F3N2O2.ClH/c13-12(14,15)11(19)4-5-17(7-11)10(18)8-2-1-3-9(16)6-8;/h1-3,6,19H,4-5,7,16H2;1H. The van der Waals surface area contributed by atoms with Gasteiger partial charge in [0.25, 0.3) is 5.91 Å². The normalized spacial score (nSPS) is 22.5. The van der Waals surface area contributed by atoms with Crippen molar-refractivity contribution in [1.29, 1.82) is 0 Å². The van der Waals surface area contributed by atoms with E-state index in [4.69, 9.17) is 5.73 Å². The number of carbonyl (C=O) groups excluding carboxylic acids is 1. The van der Waals surface area contributed by atoms with Crippen molar-refractivity contribution in [2.75, 3.05) is 18.8 Å². The van der Waals surface area contributed by atoms with Gasteiger partial charge in [0.2, 0.25) is 0 Å². The molecule has 112 valence electrons. The van der Waals surface area contributed by atoms with E-state index in [1.165, 1.54) is 12.1 Å². The maximum absolute atomic E-state index is 12.6. The second-order valence-corrected chi connectivity index (χ2v) is 4.63. The first-order chi connectivity index (χ1) is 8.73. The van der Waals surface area contributed by atoms with Gasteiger partial charge in [0.05, 0.1) is 6.54 Å². The monoisotopic (exact) mass is 310 g/mol. The molecular formula is C12H14ClF3N2O2. The molecule has 1 amide bonds. The number of β-amino-alcohol motifs (C(OH)–C–C–N with tert-alkyl or cyclic N) is 1. The highest BCUT2D eigenvalue weighted by Gasteiger charge is 2.57. The molecule has 0 radical (unpaired) electrons. The molecule has 0 aliphatic carbocycles. The van der Waals surface area contributed by atoms with Crippen molar-refractivity contribution in [2.45, 2.75) is 18.2 Å². The number of hydrogen-bond acceptors (Lipinski definition) is 3. The number of likely N-dealkylation sites (tertiary alicyclic amines) is 1. The molecule has 8 heteroatoms. The Morgan fingerprint density at radius 1 is 1.40 bits per heavy atom. The lowest BCUT2D eigenvalue weighted by Crippen LogP contribution is -2.48. The first-order valence-corrected chi connectivity index (χ1v) is 5.67. The predicted molar refractivity (Wildman–Crippen MR) is 69.6 cm³/mol. The zero-order valence-corrected chi connectivity index (χ0v) is 11.2. The number of hydrogen-bond donors (Lipinski definition) is 2. The maximum Gasteiger partial charge on any atom is 0.419 e. The van der Waals surface area contributed by atoms with Crippen molar-refractivity contribution in [3.63, 3.8) is 0 Å². The van der Waals surface area contributed by atoms with Gasteiger partial charge in [0, 0.05) is 24.2 Å². The van der Waals surface area contributed by atoms with E-state index < -0.39 is 30.7 Å². The van der Waals surface area contributed by atoms with Crippen LogP contribution < -0.4 is 5.73 Å². The summed E-state index contributed by atoms with van der Waals surface area (Å²) < 4.78 is 37.9. The number of benzene rings is 1. The lowest BCUT2D eigenvalue weighted by Gasteiger charge is -2.25. The summed E-state index contributed by atoms with van der Waals surface area (Å²) >= 11 is 0. The van der Waals surface area contributed by atoms with E-state index in [0.29, 0.717) is 5.69 Å². The molecule has 1 aliphatic rings. The first-order valence-electron chi connectivity index (χ1n) is 5.67. The second-order valence-electron chi connectivity index (χ2n) is 4.63. The Morgan fingerprint density at radius 2 is 2.05 bits per heavy atom. The third-order valence-corrected chi connectivity index (χ3v) is 3.20. The molecular weight excluding hydrogens is 297 g/mol. The number of carbonyl (C=O) groups is 1. The number of rotatable bonds is 1. The molecule has 1 aliphatic heterocycles. The van der Waals surface area contributed by atoms with Crippen molar-refractivity contribution >= 4 is 24.0 Å². The fourth-order valence-electron chi connectivity index (χ4n) is 2.05. The molecule has 4 nitrogen and oxygen atoms in total. The second kappa shape index (κ2) is 5.49. The van der Waals surface area contributed by atoms with Gasteiger partial charge in [0.1, 0.15) is 0 Å². The molecule has 2 rings (SSSR count). The molecule has 1 unspecified atom stereocenters. The van der Waals surface area contributed by atoms with Gasteiger partial charge in [-0.25, -0.2) is 0 Å². The summed E-state index contributed by atoms with van der Waals surface area (Å²) in [7, 11) is 0.